The molecule has 1 heterocycles. The van der Waals surface area contributed by atoms with Crippen molar-refractivity contribution < 1.29 is 19.1 Å². The topological polar surface area (TPSA) is 52.6 Å². The molecular formula is C14H20O4. The van der Waals surface area contributed by atoms with Crippen molar-refractivity contribution in [3.8, 4) is 0 Å². The number of rotatable bonds is 6. The number of cyclic esters (lactones) is 1. The molecular weight excluding hydrogens is 232 g/mol. The van der Waals surface area contributed by atoms with Gasteiger partial charge in [-0.25, -0.2) is 4.79 Å². The Hall–Kier alpha value is -1.58. The first-order valence-electron chi connectivity index (χ1n) is 6.34. The van der Waals surface area contributed by atoms with Crippen LogP contribution in [-0.2, 0) is 19.1 Å². The van der Waals surface area contributed by atoms with Gasteiger partial charge in [0.2, 0.25) is 0 Å². The minimum Gasteiger partial charge on any atom is -0.458 e. The Morgan fingerprint density at radius 3 is 3.06 bits per heavy atom. The standard InChI is InChI=1S/C14H20O4/c1-3-4-6-12(17-11(2)15)9-10-13-7-5-8-14(16)18-13/h5,8-10,12-13H,3-4,6-7H2,1-2H3/b10-9+/t12-,13+/m0/s1. The normalized spacial score (nSPS) is 20.8. The Kier molecular flexibility index (Phi) is 6.19. The molecule has 1 rings (SSSR count). The molecule has 0 bridgehead atoms. The van der Waals surface area contributed by atoms with Gasteiger partial charge in [0.1, 0.15) is 12.2 Å². The fraction of sp³-hybridized carbons (Fsp3) is 0.571. The quantitative estimate of drug-likeness (QED) is 0.538. The van der Waals surface area contributed by atoms with Crippen LogP contribution in [0.25, 0.3) is 0 Å². The molecule has 0 saturated carbocycles. The minimum absolute atomic E-state index is 0.230. The highest BCUT2D eigenvalue weighted by molar-refractivity contribution is 5.82. The van der Waals surface area contributed by atoms with Crippen LogP contribution in [-0.4, -0.2) is 24.1 Å². The molecule has 0 amide bonds. The van der Waals surface area contributed by atoms with Crippen molar-refractivity contribution in [3.05, 3.63) is 24.3 Å². The van der Waals surface area contributed by atoms with E-state index >= 15 is 0 Å². The third-order valence-corrected chi connectivity index (χ3v) is 2.59. The lowest BCUT2D eigenvalue weighted by Gasteiger charge is -2.17. The molecule has 0 saturated heterocycles. The van der Waals surface area contributed by atoms with E-state index in [1.807, 2.05) is 6.08 Å². The Balaban J connectivity index is 2.50. The average molecular weight is 252 g/mol. The summed E-state index contributed by atoms with van der Waals surface area (Å²) in [6.07, 6.45) is 9.84. The molecule has 2 atom stereocenters. The summed E-state index contributed by atoms with van der Waals surface area (Å²) in [6.45, 7) is 3.48. The molecule has 100 valence electrons. The second-order valence-corrected chi connectivity index (χ2v) is 4.29. The lowest BCUT2D eigenvalue weighted by Crippen LogP contribution is -2.19. The van der Waals surface area contributed by atoms with Crippen LogP contribution in [0.15, 0.2) is 24.3 Å². The molecule has 4 heteroatoms. The highest BCUT2D eigenvalue weighted by Crippen LogP contribution is 2.12. The molecule has 1 aliphatic heterocycles. The van der Waals surface area contributed by atoms with Gasteiger partial charge in [0, 0.05) is 19.4 Å². The van der Waals surface area contributed by atoms with Crippen LogP contribution in [0.5, 0.6) is 0 Å². The van der Waals surface area contributed by atoms with Gasteiger partial charge >= 0.3 is 11.9 Å². The van der Waals surface area contributed by atoms with Crippen LogP contribution in [0.1, 0.15) is 39.5 Å². The molecule has 0 aliphatic carbocycles. The molecule has 1 aliphatic rings. The summed E-state index contributed by atoms with van der Waals surface area (Å²) in [5.41, 5.74) is 0. The molecule has 0 spiro atoms. The Morgan fingerprint density at radius 1 is 1.67 bits per heavy atom. The van der Waals surface area contributed by atoms with Crippen molar-refractivity contribution in [1.29, 1.82) is 0 Å². The maximum Gasteiger partial charge on any atom is 0.331 e. The molecule has 18 heavy (non-hydrogen) atoms. The van der Waals surface area contributed by atoms with Crippen LogP contribution >= 0.6 is 0 Å². The highest BCUT2D eigenvalue weighted by atomic mass is 16.5. The molecule has 0 aromatic heterocycles. The van der Waals surface area contributed by atoms with Gasteiger partial charge in [-0.1, -0.05) is 19.4 Å². The Labute approximate surface area is 108 Å². The molecule has 0 unspecified atom stereocenters. The van der Waals surface area contributed by atoms with E-state index in [-0.39, 0.29) is 24.1 Å². The maximum atomic E-state index is 11.0. The predicted octanol–water partition coefficient (Wildman–Crippen LogP) is 2.54. The zero-order valence-electron chi connectivity index (χ0n) is 10.9. The fourth-order valence-corrected chi connectivity index (χ4v) is 1.71. The van der Waals surface area contributed by atoms with Crippen molar-refractivity contribution in [2.24, 2.45) is 0 Å². The lowest BCUT2D eigenvalue weighted by atomic mass is 10.1. The minimum atomic E-state index is -0.325. The van der Waals surface area contributed by atoms with Crippen molar-refractivity contribution in [3.63, 3.8) is 0 Å². The van der Waals surface area contributed by atoms with Gasteiger partial charge in [0.15, 0.2) is 0 Å². The number of esters is 2. The van der Waals surface area contributed by atoms with E-state index in [2.05, 4.69) is 6.92 Å². The fourth-order valence-electron chi connectivity index (χ4n) is 1.71. The van der Waals surface area contributed by atoms with Crippen LogP contribution in [0.3, 0.4) is 0 Å². The molecule has 0 aromatic rings. The van der Waals surface area contributed by atoms with E-state index in [9.17, 15) is 9.59 Å². The molecule has 4 nitrogen and oxygen atoms in total. The summed E-state index contributed by atoms with van der Waals surface area (Å²) in [5, 5.41) is 0. The van der Waals surface area contributed by atoms with E-state index in [0.717, 1.165) is 19.3 Å². The number of carbonyl (C=O) groups excluding carboxylic acids is 2. The van der Waals surface area contributed by atoms with Gasteiger partial charge in [-0.15, -0.1) is 0 Å². The zero-order chi connectivity index (χ0) is 13.4. The second kappa shape index (κ2) is 7.69. The van der Waals surface area contributed by atoms with E-state index in [0.29, 0.717) is 6.42 Å². The third kappa shape index (κ3) is 5.66. The average Bonchev–Trinajstić information content (AvgIpc) is 2.32. The first-order valence-corrected chi connectivity index (χ1v) is 6.34. The first kappa shape index (κ1) is 14.5. The van der Waals surface area contributed by atoms with Gasteiger partial charge in [-0.3, -0.25) is 4.79 Å². The van der Waals surface area contributed by atoms with E-state index < -0.39 is 0 Å². The summed E-state index contributed by atoms with van der Waals surface area (Å²) < 4.78 is 10.3. The highest BCUT2D eigenvalue weighted by Gasteiger charge is 2.14. The number of carbonyl (C=O) groups is 2. The van der Waals surface area contributed by atoms with Gasteiger partial charge in [-0.05, 0) is 25.0 Å². The van der Waals surface area contributed by atoms with Gasteiger partial charge in [-0.2, -0.15) is 0 Å². The molecule has 0 N–H and O–H groups in total. The number of unbranched alkanes of at least 4 members (excludes halogenated alkanes) is 1. The summed E-state index contributed by atoms with van der Waals surface area (Å²) in [5.74, 6) is -0.616. The molecule has 0 aromatic carbocycles. The molecule has 0 fully saturated rings. The van der Waals surface area contributed by atoms with Crippen LogP contribution in [0, 0.1) is 0 Å². The largest absolute Gasteiger partial charge is 0.458 e. The van der Waals surface area contributed by atoms with E-state index in [1.165, 1.54) is 13.0 Å². The van der Waals surface area contributed by atoms with Crippen molar-refractivity contribution in [1.82, 2.24) is 0 Å². The predicted molar refractivity (Wildman–Crippen MR) is 67.9 cm³/mol. The SMILES string of the molecule is CCCC[C@@H](/C=C/[C@H]1CC=CC(=O)O1)OC(C)=O. The Bertz CT molecular complexity index is 344. The first-order chi connectivity index (χ1) is 8.61. The van der Waals surface area contributed by atoms with E-state index in [4.69, 9.17) is 9.47 Å². The maximum absolute atomic E-state index is 11.0. The monoisotopic (exact) mass is 252 g/mol. The summed E-state index contributed by atoms with van der Waals surface area (Å²) in [7, 11) is 0. The summed E-state index contributed by atoms with van der Waals surface area (Å²) in [6, 6.07) is 0. The number of hydrogen-bond donors (Lipinski definition) is 0. The zero-order valence-corrected chi connectivity index (χ0v) is 10.9. The summed E-state index contributed by atoms with van der Waals surface area (Å²) >= 11 is 0. The van der Waals surface area contributed by atoms with Crippen LogP contribution in [0.4, 0.5) is 0 Å². The Morgan fingerprint density at radius 2 is 2.44 bits per heavy atom. The number of hydrogen-bond acceptors (Lipinski definition) is 4. The lowest BCUT2D eigenvalue weighted by molar-refractivity contribution is -0.145. The summed E-state index contributed by atoms with van der Waals surface area (Å²) in [4.78, 5) is 22.0. The van der Waals surface area contributed by atoms with Crippen LogP contribution < -0.4 is 0 Å². The molecule has 0 radical (unpaired) electrons. The van der Waals surface area contributed by atoms with Gasteiger partial charge in [0.05, 0.1) is 0 Å². The second-order valence-electron chi connectivity index (χ2n) is 4.29. The van der Waals surface area contributed by atoms with Crippen LogP contribution in [0.2, 0.25) is 0 Å². The van der Waals surface area contributed by atoms with Crippen molar-refractivity contribution in [2.75, 3.05) is 0 Å². The van der Waals surface area contributed by atoms with Crippen molar-refractivity contribution >= 4 is 11.9 Å². The van der Waals surface area contributed by atoms with Gasteiger partial charge < -0.3 is 9.47 Å². The number of ether oxygens (including phenoxy) is 2. The van der Waals surface area contributed by atoms with Gasteiger partial charge in [0.25, 0.3) is 0 Å². The third-order valence-electron chi connectivity index (χ3n) is 2.59. The van der Waals surface area contributed by atoms with E-state index in [1.54, 1.807) is 12.2 Å². The van der Waals surface area contributed by atoms with Crippen molar-refractivity contribution in [2.45, 2.75) is 51.7 Å². The smallest absolute Gasteiger partial charge is 0.331 e.